The minimum atomic E-state index is 0.0496. The molecular weight excluding hydrogens is 338 g/mol. The molecule has 0 atom stereocenters. The van der Waals surface area contributed by atoms with Gasteiger partial charge < -0.3 is 4.90 Å². The lowest BCUT2D eigenvalue weighted by Gasteiger charge is -2.42. The molecule has 2 aromatic rings. The van der Waals surface area contributed by atoms with Crippen LogP contribution in [0.5, 0.6) is 0 Å². The smallest absolute Gasteiger partial charge is 0.249 e. The Kier molecular flexibility index (Phi) is 4.04. The van der Waals surface area contributed by atoms with E-state index in [1.165, 1.54) is 37.9 Å². The maximum absolute atomic E-state index is 12.0. The second kappa shape index (κ2) is 6.44. The van der Waals surface area contributed by atoms with Crippen LogP contribution in [0.2, 0.25) is 0 Å². The molecule has 3 heterocycles. The van der Waals surface area contributed by atoms with Crippen molar-refractivity contribution in [2.24, 2.45) is 11.3 Å². The number of nitrogens with one attached hydrogen (secondary N) is 1. The monoisotopic (exact) mass is 365 g/mol. The molecule has 1 aliphatic heterocycles. The number of likely N-dealkylation sites (tertiary alicyclic amines) is 1. The molecule has 1 saturated heterocycles. The molecular formula is C21H27N5O. The standard InChI is InChI=1S/C21H27N5O/c1-25-13-11-21(12-14-25)9-7-15(8-10-21)17-3-2-4-18-22-20(24-26(17)18)23-19(27)16-5-6-16/h2-4,7,16H,5-6,8-14H2,1H3,(H,23,24,27). The molecule has 6 nitrogen and oxygen atoms in total. The summed E-state index contributed by atoms with van der Waals surface area (Å²) in [6, 6.07) is 6.10. The quantitative estimate of drug-likeness (QED) is 0.906. The number of pyridine rings is 1. The molecule has 1 spiro atoms. The minimum Gasteiger partial charge on any atom is -0.306 e. The molecule has 2 fully saturated rings. The molecule has 1 N–H and O–H groups in total. The van der Waals surface area contributed by atoms with Gasteiger partial charge in [-0.25, -0.2) is 4.52 Å². The van der Waals surface area contributed by atoms with Gasteiger partial charge in [0.1, 0.15) is 0 Å². The van der Waals surface area contributed by atoms with E-state index in [-0.39, 0.29) is 11.8 Å². The fraction of sp³-hybridized carbons (Fsp3) is 0.571. The van der Waals surface area contributed by atoms with Gasteiger partial charge in [-0.05, 0) is 88.2 Å². The number of allylic oxidation sites excluding steroid dienone is 2. The first-order valence-electron chi connectivity index (χ1n) is 10.2. The topological polar surface area (TPSA) is 62.5 Å². The van der Waals surface area contributed by atoms with Crippen molar-refractivity contribution in [3.63, 3.8) is 0 Å². The number of aromatic nitrogens is 3. The first kappa shape index (κ1) is 16.9. The summed E-state index contributed by atoms with van der Waals surface area (Å²) in [5.74, 6) is 0.624. The number of nitrogens with zero attached hydrogens (tertiary/aromatic N) is 4. The third kappa shape index (κ3) is 3.27. The molecule has 1 saturated carbocycles. The number of hydrogen-bond donors (Lipinski definition) is 1. The third-order valence-electron chi connectivity index (χ3n) is 6.63. The highest BCUT2D eigenvalue weighted by atomic mass is 16.2. The number of fused-ring (bicyclic) bond motifs is 1. The number of hydrogen-bond acceptors (Lipinski definition) is 4. The van der Waals surface area contributed by atoms with E-state index in [1.54, 1.807) is 0 Å². The lowest BCUT2D eigenvalue weighted by atomic mass is 9.68. The first-order valence-corrected chi connectivity index (χ1v) is 10.2. The van der Waals surface area contributed by atoms with Crippen molar-refractivity contribution in [2.75, 3.05) is 25.5 Å². The van der Waals surface area contributed by atoms with Crippen molar-refractivity contribution in [2.45, 2.75) is 44.9 Å². The summed E-state index contributed by atoms with van der Waals surface area (Å²) in [5, 5.41) is 7.45. The highest BCUT2D eigenvalue weighted by Gasteiger charge is 2.35. The Morgan fingerprint density at radius 3 is 2.74 bits per heavy atom. The number of rotatable bonds is 3. The van der Waals surface area contributed by atoms with Crippen LogP contribution in [0.4, 0.5) is 5.95 Å². The predicted molar refractivity (Wildman–Crippen MR) is 105 cm³/mol. The predicted octanol–water partition coefficient (Wildman–Crippen LogP) is 3.36. The molecule has 0 unspecified atom stereocenters. The Hall–Kier alpha value is -2.21. The van der Waals surface area contributed by atoms with Crippen LogP contribution in [-0.4, -0.2) is 45.5 Å². The zero-order chi connectivity index (χ0) is 18.4. The van der Waals surface area contributed by atoms with E-state index in [0.717, 1.165) is 37.0 Å². The summed E-state index contributed by atoms with van der Waals surface area (Å²) in [6.45, 7) is 2.43. The lowest BCUT2D eigenvalue weighted by molar-refractivity contribution is -0.117. The van der Waals surface area contributed by atoms with Crippen molar-refractivity contribution in [3.05, 3.63) is 30.0 Å². The molecule has 1 amide bonds. The molecule has 6 heteroatoms. The van der Waals surface area contributed by atoms with Gasteiger partial charge in [-0.2, -0.15) is 4.98 Å². The first-order chi connectivity index (χ1) is 13.1. The van der Waals surface area contributed by atoms with E-state index in [1.807, 2.05) is 16.6 Å². The van der Waals surface area contributed by atoms with Crippen LogP contribution in [0.15, 0.2) is 24.3 Å². The number of carbonyl (C=O) groups excluding carboxylic acids is 1. The molecule has 5 rings (SSSR count). The molecule has 0 aromatic carbocycles. The highest BCUT2D eigenvalue weighted by Crippen LogP contribution is 2.45. The van der Waals surface area contributed by atoms with Crippen LogP contribution in [-0.2, 0) is 4.79 Å². The molecule has 2 aromatic heterocycles. The Bertz CT molecular complexity index is 902. The highest BCUT2D eigenvalue weighted by molar-refractivity contribution is 5.92. The van der Waals surface area contributed by atoms with Gasteiger partial charge in [-0.15, -0.1) is 5.10 Å². The summed E-state index contributed by atoms with van der Waals surface area (Å²) in [7, 11) is 2.22. The summed E-state index contributed by atoms with van der Waals surface area (Å²) < 4.78 is 1.89. The Balaban J connectivity index is 1.39. The van der Waals surface area contributed by atoms with Gasteiger partial charge in [-0.1, -0.05) is 12.1 Å². The average molecular weight is 365 g/mol. The second-order valence-electron chi connectivity index (χ2n) is 8.62. The maximum Gasteiger partial charge on any atom is 0.249 e. The van der Waals surface area contributed by atoms with Gasteiger partial charge in [-0.3, -0.25) is 10.1 Å². The van der Waals surface area contributed by atoms with E-state index in [9.17, 15) is 4.79 Å². The van der Waals surface area contributed by atoms with Gasteiger partial charge in [0, 0.05) is 5.92 Å². The van der Waals surface area contributed by atoms with Crippen LogP contribution in [0.25, 0.3) is 11.2 Å². The van der Waals surface area contributed by atoms with E-state index >= 15 is 0 Å². The SMILES string of the molecule is CN1CCC2(CC=C(c3cccc4nc(NC(=O)C5CC5)nn34)CC2)CC1. The third-order valence-corrected chi connectivity index (χ3v) is 6.63. The van der Waals surface area contributed by atoms with Crippen molar-refractivity contribution < 1.29 is 4.79 Å². The average Bonchev–Trinajstić information content (AvgIpc) is 3.45. The van der Waals surface area contributed by atoms with Crippen LogP contribution in [0.1, 0.15) is 50.6 Å². The zero-order valence-electron chi connectivity index (χ0n) is 15.9. The second-order valence-corrected chi connectivity index (χ2v) is 8.62. The summed E-state index contributed by atoms with van der Waals surface area (Å²) in [5.41, 5.74) is 3.75. The number of amides is 1. The summed E-state index contributed by atoms with van der Waals surface area (Å²) in [4.78, 5) is 19.0. The van der Waals surface area contributed by atoms with Crippen molar-refractivity contribution in [1.82, 2.24) is 19.5 Å². The van der Waals surface area contributed by atoms with Gasteiger partial charge in [0.15, 0.2) is 5.65 Å². The van der Waals surface area contributed by atoms with E-state index < -0.39 is 0 Å². The maximum atomic E-state index is 12.0. The van der Waals surface area contributed by atoms with Crippen LogP contribution in [0, 0.1) is 11.3 Å². The van der Waals surface area contributed by atoms with E-state index in [2.05, 4.69) is 39.5 Å². The minimum absolute atomic E-state index is 0.0496. The molecule has 0 bridgehead atoms. The van der Waals surface area contributed by atoms with Crippen molar-refractivity contribution in [3.8, 4) is 0 Å². The Labute approximate surface area is 159 Å². The van der Waals surface area contributed by atoms with Crippen LogP contribution >= 0.6 is 0 Å². The molecule has 0 radical (unpaired) electrons. The molecule has 142 valence electrons. The van der Waals surface area contributed by atoms with Gasteiger partial charge in [0.25, 0.3) is 0 Å². The number of piperidine rings is 1. The summed E-state index contributed by atoms with van der Waals surface area (Å²) in [6.07, 6.45) is 10.5. The van der Waals surface area contributed by atoms with Crippen LogP contribution in [0.3, 0.4) is 0 Å². The van der Waals surface area contributed by atoms with Gasteiger partial charge in [0.2, 0.25) is 11.9 Å². The van der Waals surface area contributed by atoms with Crippen molar-refractivity contribution >= 4 is 23.1 Å². The normalized spacial score (nSPS) is 22.8. The zero-order valence-corrected chi connectivity index (χ0v) is 15.9. The van der Waals surface area contributed by atoms with Gasteiger partial charge in [0.05, 0.1) is 5.69 Å². The van der Waals surface area contributed by atoms with Crippen molar-refractivity contribution in [1.29, 1.82) is 0 Å². The Morgan fingerprint density at radius 1 is 1.22 bits per heavy atom. The number of anilines is 1. The largest absolute Gasteiger partial charge is 0.306 e. The van der Waals surface area contributed by atoms with E-state index in [4.69, 9.17) is 0 Å². The van der Waals surface area contributed by atoms with Crippen LogP contribution < -0.4 is 5.32 Å². The molecule has 27 heavy (non-hydrogen) atoms. The lowest BCUT2D eigenvalue weighted by Crippen LogP contribution is -2.38. The molecule has 3 aliphatic rings. The van der Waals surface area contributed by atoms with E-state index in [0.29, 0.717) is 11.4 Å². The molecule has 2 aliphatic carbocycles. The van der Waals surface area contributed by atoms with Gasteiger partial charge >= 0.3 is 0 Å². The number of carbonyl (C=O) groups is 1. The Morgan fingerprint density at radius 2 is 2.04 bits per heavy atom. The fourth-order valence-electron chi connectivity index (χ4n) is 4.48. The summed E-state index contributed by atoms with van der Waals surface area (Å²) >= 11 is 0. The fourth-order valence-corrected chi connectivity index (χ4v) is 4.48.